The lowest BCUT2D eigenvalue weighted by molar-refractivity contribution is 0.101. The number of benzene rings is 1. The van der Waals surface area contributed by atoms with Crippen molar-refractivity contribution in [3.63, 3.8) is 0 Å². The summed E-state index contributed by atoms with van der Waals surface area (Å²) in [5.41, 5.74) is 3.67. The van der Waals surface area contributed by atoms with Crippen molar-refractivity contribution in [2.24, 2.45) is 0 Å². The fourth-order valence-corrected chi connectivity index (χ4v) is 3.95. The van der Waals surface area contributed by atoms with Crippen LogP contribution in [0.15, 0.2) is 40.0 Å². The van der Waals surface area contributed by atoms with Crippen LogP contribution in [-0.2, 0) is 6.42 Å². The number of thioether (sulfide) groups is 1. The second kappa shape index (κ2) is 8.56. The van der Waals surface area contributed by atoms with E-state index in [0.717, 1.165) is 0 Å². The standard InChI is InChI=1S/C21H23N3O3S/c1-12(16-8-6-5-7-9-16)10-18-23-24-21(27-18)28-11-17(26)20-13(2)19(15(4)25)14(3)22-20/h5-9,12,22H,10-11H2,1-4H3. The number of aryl methyl sites for hydroxylation is 1. The van der Waals surface area contributed by atoms with Crippen LogP contribution < -0.4 is 0 Å². The Morgan fingerprint density at radius 2 is 1.89 bits per heavy atom. The molecule has 0 aliphatic carbocycles. The van der Waals surface area contributed by atoms with E-state index in [-0.39, 0.29) is 23.2 Å². The first-order chi connectivity index (χ1) is 13.4. The monoisotopic (exact) mass is 397 g/mol. The molecule has 0 saturated carbocycles. The molecule has 3 aromatic rings. The first-order valence-corrected chi connectivity index (χ1v) is 10.1. The zero-order chi connectivity index (χ0) is 20.3. The molecular weight excluding hydrogens is 374 g/mol. The van der Waals surface area contributed by atoms with Gasteiger partial charge in [-0.15, -0.1) is 10.2 Å². The predicted octanol–water partition coefficient (Wildman–Crippen LogP) is 4.54. The summed E-state index contributed by atoms with van der Waals surface area (Å²) in [5.74, 6) is 0.823. The lowest BCUT2D eigenvalue weighted by atomic mass is 9.98. The zero-order valence-corrected chi connectivity index (χ0v) is 17.2. The van der Waals surface area contributed by atoms with Gasteiger partial charge in [0.15, 0.2) is 11.6 Å². The van der Waals surface area contributed by atoms with Gasteiger partial charge in [-0.3, -0.25) is 9.59 Å². The first kappa shape index (κ1) is 20.1. The summed E-state index contributed by atoms with van der Waals surface area (Å²) in [4.78, 5) is 27.3. The zero-order valence-electron chi connectivity index (χ0n) is 16.4. The van der Waals surface area contributed by atoms with Gasteiger partial charge in [-0.05, 0) is 37.8 Å². The van der Waals surface area contributed by atoms with Gasteiger partial charge in [0, 0.05) is 17.7 Å². The minimum Gasteiger partial charge on any atom is -0.416 e. The number of carbonyl (C=O) groups is 2. The third kappa shape index (κ3) is 4.42. The van der Waals surface area contributed by atoms with Gasteiger partial charge in [0.2, 0.25) is 5.89 Å². The number of rotatable bonds is 8. The number of nitrogens with one attached hydrogen (secondary N) is 1. The molecule has 28 heavy (non-hydrogen) atoms. The van der Waals surface area contributed by atoms with Gasteiger partial charge in [0.1, 0.15) is 0 Å². The van der Waals surface area contributed by atoms with E-state index in [1.165, 1.54) is 24.2 Å². The van der Waals surface area contributed by atoms with E-state index in [4.69, 9.17) is 4.42 Å². The Labute approximate surface area is 168 Å². The summed E-state index contributed by atoms with van der Waals surface area (Å²) in [6.07, 6.45) is 0.641. The molecule has 1 atom stereocenters. The molecular formula is C21H23N3O3S. The van der Waals surface area contributed by atoms with Crippen LogP contribution in [0.4, 0.5) is 0 Å². The molecule has 6 nitrogen and oxygen atoms in total. The highest BCUT2D eigenvalue weighted by atomic mass is 32.2. The fraction of sp³-hybridized carbons (Fsp3) is 0.333. The number of nitrogens with zero attached hydrogens (tertiary/aromatic N) is 2. The van der Waals surface area contributed by atoms with Crippen molar-refractivity contribution in [2.45, 2.75) is 45.3 Å². The minimum absolute atomic E-state index is 0.0490. The second-order valence-corrected chi connectivity index (χ2v) is 7.80. The number of hydrogen-bond acceptors (Lipinski definition) is 6. The van der Waals surface area contributed by atoms with Crippen molar-refractivity contribution in [1.82, 2.24) is 15.2 Å². The van der Waals surface area contributed by atoms with E-state index in [9.17, 15) is 9.59 Å². The number of H-pyrrole nitrogens is 1. The summed E-state index contributed by atoms with van der Waals surface area (Å²) in [5, 5.41) is 8.49. The summed E-state index contributed by atoms with van der Waals surface area (Å²) in [6.45, 7) is 7.20. The minimum atomic E-state index is -0.101. The Kier molecular flexibility index (Phi) is 6.14. The third-order valence-electron chi connectivity index (χ3n) is 4.69. The predicted molar refractivity (Wildman–Crippen MR) is 108 cm³/mol. The molecule has 0 aliphatic rings. The van der Waals surface area contributed by atoms with Crippen molar-refractivity contribution < 1.29 is 14.0 Å². The highest BCUT2D eigenvalue weighted by molar-refractivity contribution is 7.99. The maximum absolute atomic E-state index is 12.5. The van der Waals surface area contributed by atoms with Crippen molar-refractivity contribution >= 4 is 23.3 Å². The van der Waals surface area contributed by atoms with Crippen molar-refractivity contribution in [3.05, 3.63) is 64.3 Å². The molecule has 3 rings (SSSR count). The molecule has 1 unspecified atom stereocenters. The van der Waals surface area contributed by atoms with E-state index in [2.05, 4.69) is 34.2 Å². The van der Waals surface area contributed by atoms with E-state index in [0.29, 0.717) is 40.0 Å². The summed E-state index contributed by atoms with van der Waals surface area (Å²) >= 11 is 1.20. The largest absolute Gasteiger partial charge is 0.416 e. The quantitative estimate of drug-likeness (QED) is 0.443. The highest BCUT2D eigenvalue weighted by Gasteiger charge is 2.21. The number of carbonyl (C=O) groups excluding carboxylic acids is 2. The molecule has 0 bridgehead atoms. The van der Waals surface area contributed by atoms with Gasteiger partial charge >= 0.3 is 0 Å². The lowest BCUT2D eigenvalue weighted by Crippen LogP contribution is -2.05. The molecule has 0 amide bonds. The Bertz CT molecular complexity index is 992. The smallest absolute Gasteiger partial charge is 0.277 e. The molecule has 7 heteroatoms. The second-order valence-electron chi connectivity index (χ2n) is 6.87. The Morgan fingerprint density at radius 3 is 2.54 bits per heavy atom. The molecule has 0 saturated heterocycles. The number of hydrogen-bond donors (Lipinski definition) is 1. The van der Waals surface area contributed by atoms with Crippen LogP contribution in [0, 0.1) is 13.8 Å². The molecule has 2 heterocycles. The Balaban J connectivity index is 1.61. The SMILES string of the molecule is CC(=O)c1c(C)[nH]c(C(=O)CSc2nnc(CC(C)c3ccccc3)o2)c1C. The van der Waals surface area contributed by atoms with Crippen molar-refractivity contribution in [2.75, 3.05) is 5.75 Å². The van der Waals surface area contributed by atoms with Crippen LogP contribution in [0.1, 0.15) is 63.3 Å². The van der Waals surface area contributed by atoms with Crippen LogP contribution in [0.5, 0.6) is 0 Å². The van der Waals surface area contributed by atoms with Crippen LogP contribution in [0.2, 0.25) is 0 Å². The van der Waals surface area contributed by atoms with Gasteiger partial charge in [-0.25, -0.2) is 0 Å². The highest BCUT2D eigenvalue weighted by Crippen LogP contribution is 2.24. The van der Waals surface area contributed by atoms with Gasteiger partial charge in [0.25, 0.3) is 5.22 Å². The number of aromatic nitrogens is 3. The maximum atomic E-state index is 12.5. The molecule has 2 aromatic heterocycles. The van der Waals surface area contributed by atoms with Crippen molar-refractivity contribution in [3.8, 4) is 0 Å². The molecule has 0 radical (unpaired) electrons. The Hall–Kier alpha value is -2.67. The van der Waals surface area contributed by atoms with Crippen LogP contribution >= 0.6 is 11.8 Å². The maximum Gasteiger partial charge on any atom is 0.277 e. The topological polar surface area (TPSA) is 88.9 Å². The average molecular weight is 398 g/mol. The van der Waals surface area contributed by atoms with E-state index in [1.54, 1.807) is 13.8 Å². The van der Waals surface area contributed by atoms with Gasteiger partial charge < -0.3 is 9.40 Å². The third-order valence-corrected chi connectivity index (χ3v) is 5.51. The van der Waals surface area contributed by atoms with Crippen LogP contribution in [-0.4, -0.2) is 32.5 Å². The summed E-state index contributed by atoms with van der Waals surface area (Å²) < 4.78 is 5.68. The fourth-order valence-electron chi connectivity index (χ4n) is 3.30. The number of Topliss-reactive ketones (excluding diaryl/α,β-unsaturated/α-hetero) is 2. The van der Waals surface area contributed by atoms with Crippen molar-refractivity contribution in [1.29, 1.82) is 0 Å². The van der Waals surface area contributed by atoms with E-state index < -0.39 is 0 Å². The lowest BCUT2D eigenvalue weighted by Gasteiger charge is -2.08. The van der Waals surface area contributed by atoms with Gasteiger partial charge in [-0.1, -0.05) is 49.0 Å². The molecule has 0 aliphatic heterocycles. The number of ketones is 2. The van der Waals surface area contributed by atoms with E-state index in [1.807, 2.05) is 18.2 Å². The molecule has 0 fully saturated rings. The summed E-state index contributed by atoms with van der Waals surface area (Å²) in [6, 6.07) is 10.2. The first-order valence-electron chi connectivity index (χ1n) is 9.10. The average Bonchev–Trinajstić information content (AvgIpc) is 3.24. The number of aromatic amines is 1. The molecule has 146 valence electrons. The Morgan fingerprint density at radius 1 is 1.18 bits per heavy atom. The summed E-state index contributed by atoms with van der Waals surface area (Å²) in [7, 11) is 0. The van der Waals surface area contributed by atoms with Crippen LogP contribution in [0.25, 0.3) is 0 Å². The normalized spacial score (nSPS) is 12.1. The molecule has 1 N–H and O–H groups in total. The van der Waals surface area contributed by atoms with Crippen LogP contribution in [0.3, 0.4) is 0 Å². The molecule has 1 aromatic carbocycles. The van der Waals surface area contributed by atoms with Gasteiger partial charge in [0.05, 0.1) is 11.4 Å². The molecule has 0 spiro atoms. The van der Waals surface area contributed by atoms with Gasteiger partial charge in [-0.2, -0.15) is 0 Å². The van der Waals surface area contributed by atoms with E-state index >= 15 is 0 Å².